The Hall–Kier alpha value is -4.26. The van der Waals surface area contributed by atoms with Crippen molar-refractivity contribution >= 4 is 21.8 Å². The highest BCUT2D eigenvalue weighted by Gasteiger charge is 2.18. The van der Waals surface area contributed by atoms with Crippen molar-refractivity contribution in [2.75, 3.05) is 0 Å². The van der Waals surface area contributed by atoms with Crippen LogP contribution in [0, 0.1) is 0 Å². The molecular weight excluding hydrogens is 368 g/mol. The van der Waals surface area contributed by atoms with Gasteiger partial charge in [-0.3, -0.25) is 9.59 Å². The summed E-state index contributed by atoms with van der Waals surface area (Å²) in [6, 6.07) is 22.5. The quantitative estimate of drug-likeness (QED) is 0.508. The molecule has 0 radical (unpaired) electrons. The number of aromatic amines is 1. The van der Waals surface area contributed by atoms with Crippen LogP contribution in [0.15, 0.2) is 93.2 Å². The fourth-order valence-electron chi connectivity index (χ4n) is 3.42. The zero-order valence-electron chi connectivity index (χ0n) is 15.1. The highest BCUT2D eigenvalue weighted by Crippen LogP contribution is 2.18. The summed E-state index contributed by atoms with van der Waals surface area (Å²) < 4.78 is 1.86. The molecule has 7 nitrogen and oxygen atoms in total. The van der Waals surface area contributed by atoms with Crippen LogP contribution in [0.1, 0.15) is 0 Å². The van der Waals surface area contributed by atoms with Crippen molar-refractivity contribution in [3.63, 3.8) is 0 Å². The van der Waals surface area contributed by atoms with Gasteiger partial charge in [-0.15, -0.1) is 0 Å². The Balaban J connectivity index is 2.00. The molecule has 0 saturated carbocycles. The monoisotopic (exact) mass is 382 g/mol. The van der Waals surface area contributed by atoms with E-state index in [0.29, 0.717) is 27.4 Å². The van der Waals surface area contributed by atoms with Crippen LogP contribution in [0.4, 0.5) is 0 Å². The Kier molecular flexibility index (Phi) is 3.74. The second-order valence-electron chi connectivity index (χ2n) is 6.53. The van der Waals surface area contributed by atoms with E-state index in [4.69, 9.17) is 0 Å². The van der Waals surface area contributed by atoms with Gasteiger partial charge in [0.1, 0.15) is 0 Å². The SMILES string of the molecule is O=c1c2ccccc2nc(-c2ccccc2)n1-n1c(=O)[nH]c2ccccc2c1=O. The molecule has 3 aromatic carbocycles. The van der Waals surface area contributed by atoms with E-state index >= 15 is 0 Å². The molecule has 7 heteroatoms. The molecule has 0 atom stereocenters. The van der Waals surface area contributed by atoms with E-state index in [1.165, 1.54) is 0 Å². The first kappa shape index (κ1) is 16.9. The third kappa shape index (κ3) is 2.60. The summed E-state index contributed by atoms with van der Waals surface area (Å²) in [5.41, 5.74) is -0.322. The van der Waals surface area contributed by atoms with Gasteiger partial charge < -0.3 is 4.98 Å². The number of hydrogen-bond acceptors (Lipinski definition) is 4. The average Bonchev–Trinajstić information content (AvgIpc) is 2.76. The number of aromatic nitrogens is 4. The maximum Gasteiger partial charge on any atom is 0.348 e. The normalized spacial score (nSPS) is 11.2. The lowest BCUT2D eigenvalue weighted by Gasteiger charge is -2.15. The third-order valence-electron chi connectivity index (χ3n) is 4.77. The van der Waals surface area contributed by atoms with Gasteiger partial charge in [0.15, 0.2) is 5.82 Å². The molecule has 0 unspecified atom stereocenters. The Morgan fingerprint density at radius 1 is 0.655 bits per heavy atom. The Bertz CT molecular complexity index is 1560. The van der Waals surface area contributed by atoms with Gasteiger partial charge >= 0.3 is 5.69 Å². The highest BCUT2D eigenvalue weighted by molar-refractivity contribution is 5.80. The lowest BCUT2D eigenvalue weighted by atomic mass is 10.2. The molecule has 0 bridgehead atoms. The zero-order chi connectivity index (χ0) is 20.0. The summed E-state index contributed by atoms with van der Waals surface area (Å²) in [6.07, 6.45) is 0. The van der Waals surface area contributed by atoms with Crippen molar-refractivity contribution in [2.45, 2.75) is 0 Å². The number of rotatable bonds is 2. The van der Waals surface area contributed by atoms with E-state index in [-0.39, 0.29) is 5.82 Å². The van der Waals surface area contributed by atoms with Gasteiger partial charge in [0.2, 0.25) is 0 Å². The molecule has 2 aromatic heterocycles. The minimum absolute atomic E-state index is 0.206. The zero-order valence-corrected chi connectivity index (χ0v) is 15.1. The van der Waals surface area contributed by atoms with E-state index in [9.17, 15) is 14.4 Å². The first-order valence-electron chi connectivity index (χ1n) is 8.97. The first-order chi connectivity index (χ1) is 14.1. The summed E-state index contributed by atoms with van der Waals surface area (Å²) in [7, 11) is 0. The van der Waals surface area contributed by atoms with E-state index in [1.807, 2.05) is 6.07 Å². The molecule has 29 heavy (non-hydrogen) atoms. The molecule has 2 heterocycles. The predicted octanol–water partition coefficient (Wildman–Crippen LogP) is 2.38. The van der Waals surface area contributed by atoms with Gasteiger partial charge in [0.05, 0.1) is 21.8 Å². The van der Waals surface area contributed by atoms with Crippen molar-refractivity contribution < 1.29 is 0 Å². The average molecular weight is 382 g/mol. The maximum absolute atomic E-state index is 13.4. The highest BCUT2D eigenvalue weighted by atomic mass is 16.2. The minimum Gasteiger partial charge on any atom is -0.305 e. The number of para-hydroxylation sites is 2. The predicted molar refractivity (Wildman–Crippen MR) is 111 cm³/mol. The number of nitrogens with one attached hydrogen (secondary N) is 1. The van der Waals surface area contributed by atoms with Gasteiger partial charge in [-0.1, -0.05) is 54.6 Å². The molecule has 0 spiro atoms. The van der Waals surface area contributed by atoms with Gasteiger partial charge in [-0.05, 0) is 24.3 Å². The van der Waals surface area contributed by atoms with Crippen LogP contribution < -0.4 is 16.8 Å². The van der Waals surface area contributed by atoms with Crippen molar-refractivity contribution in [3.8, 4) is 11.4 Å². The minimum atomic E-state index is -0.718. The fraction of sp³-hybridized carbons (Fsp3) is 0. The topological polar surface area (TPSA) is 89.8 Å². The van der Waals surface area contributed by atoms with Crippen LogP contribution in [-0.2, 0) is 0 Å². The molecule has 5 aromatic rings. The van der Waals surface area contributed by atoms with Crippen LogP contribution in [0.3, 0.4) is 0 Å². The standard InChI is InChI=1S/C22H14N4O3/c27-20-15-10-4-6-12-17(15)23-19(14-8-2-1-3-9-14)25(20)26-21(28)16-11-5-7-13-18(16)24-22(26)29/h1-13H,(H,24,29). The van der Waals surface area contributed by atoms with Crippen LogP contribution >= 0.6 is 0 Å². The fourth-order valence-corrected chi connectivity index (χ4v) is 3.42. The third-order valence-corrected chi connectivity index (χ3v) is 4.77. The Morgan fingerprint density at radius 2 is 1.28 bits per heavy atom. The Labute approximate surface area is 163 Å². The van der Waals surface area contributed by atoms with E-state index in [1.54, 1.807) is 72.8 Å². The summed E-state index contributed by atoms with van der Waals surface area (Å²) in [5.74, 6) is 0.206. The number of fused-ring (bicyclic) bond motifs is 2. The van der Waals surface area contributed by atoms with E-state index < -0.39 is 16.8 Å². The van der Waals surface area contributed by atoms with Crippen molar-refractivity contribution in [3.05, 3.63) is 110 Å². The Morgan fingerprint density at radius 3 is 2.07 bits per heavy atom. The van der Waals surface area contributed by atoms with Gasteiger partial charge in [-0.2, -0.15) is 9.35 Å². The molecule has 0 aliphatic rings. The lowest BCUT2D eigenvalue weighted by Crippen LogP contribution is -2.45. The molecule has 5 rings (SSSR count). The van der Waals surface area contributed by atoms with Gasteiger partial charge in [0, 0.05) is 5.56 Å². The molecule has 0 aliphatic carbocycles. The largest absolute Gasteiger partial charge is 0.348 e. The van der Waals surface area contributed by atoms with Gasteiger partial charge in [-0.25, -0.2) is 9.78 Å². The summed E-state index contributed by atoms with van der Waals surface area (Å²) >= 11 is 0. The van der Waals surface area contributed by atoms with Crippen LogP contribution in [0.5, 0.6) is 0 Å². The number of hydrogen-bond donors (Lipinski definition) is 1. The second-order valence-corrected chi connectivity index (χ2v) is 6.53. The molecule has 0 aliphatic heterocycles. The van der Waals surface area contributed by atoms with E-state index in [2.05, 4.69) is 9.97 Å². The molecule has 1 N–H and O–H groups in total. The van der Waals surface area contributed by atoms with Crippen LogP contribution in [0.2, 0.25) is 0 Å². The molecule has 0 fully saturated rings. The smallest absolute Gasteiger partial charge is 0.305 e. The van der Waals surface area contributed by atoms with Crippen molar-refractivity contribution in [2.24, 2.45) is 0 Å². The lowest BCUT2D eigenvalue weighted by molar-refractivity contribution is 0.577. The van der Waals surface area contributed by atoms with Crippen LogP contribution in [0.25, 0.3) is 33.2 Å². The second kappa shape index (κ2) is 6.42. The summed E-state index contributed by atoms with van der Waals surface area (Å²) in [4.78, 5) is 46.7. The number of nitrogens with zero attached hydrogens (tertiary/aromatic N) is 3. The number of H-pyrrole nitrogens is 1. The maximum atomic E-state index is 13.4. The summed E-state index contributed by atoms with van der Waals surface area (Å²) in [5, 5.41) is 0.609. The molecule has 140 valence electrons. The molecule has 0 saturated heterocycles. The van der Waals surface area contributed by atoms with E-state index in [0.717, 1.165) is 9.35 Å². The molecule has 0 amide bonds. The van der Waals surface area contributed by atoms with Crippen molar-refractivity contribution in [1.29, 1.82) is 0 Å². The number of benzene rings is 3. The van der Waals surface area contributed by atoms with Crippen LogP contribution in [-0.4, -0.2) is 19.3 Å². The van der Waals surface area contributed by atoms with Crippen molar-refractivity contribution in [1.82, 2.24) is 19.3 Å². The summed E-state index contributed by atoms with van der Waals surface area (Å²) in [6.45, 7) is 0. The first-order valence-corrected chi connectivity index (χ1v) is 8.97. The van der Waals surface area contributed by atoms with Gasteiger partial charge in [0.25, 0.3) is 11.1 Å². The molecular formula is C22H14N4O3.